The molecule has 1 aliphatic rings. The second kappa shape index (κ2) is 4.96. The molecule has 4 heteroatoms. The monoisotopic (exact) mass is 220 g/mol. The summed E-state index contributed by atoms with van der Waals surface area (Å²) in [7, 11) is 0. The van der Waals surface area contributed by atoms with Gasteiger partial charge in [-0.15, -0.1) is 0 Å². The average molecular weight is 220 g/mol. The van der Waals surface area contributed by atoms with Crippen LogP contribution in [0.5, 0.6) is 0 Å². The molecule has 0 bridgehead atoms. The van der Waals surface area contributed by atoms with Crippen molar-refractivity contribution in [3.8, 4) is 0 Å². The predicted molar refractivity (Wildman–Crippen MR) is 61.6 cm³/mol. The first-order valence-corrected chi connectivity index (χ1v) is 5.70. The van der Waals surface area contributed by atoms with Gasteiger partial charge in [0.05, 0.1) is 0 Å². The molecule has 16 heavy (non-hydrogen) atoms. The molecule has 1 aromatic rings. The van der Waals surface area contributed by atoms with Crippen LogP contribution in [0.4, 0.5) is 5.69 Å². The number of aromatic nitrogens is 1. The first kappa shape index (κ1) is 10.9. The van der Waals surface area contributed by atoms with E-state index in [9.17, 15) is 4.79 Å². The molecule has 1 aliphatic carbocycles. The molecule has 86 valence electrons. The molecule has 0 amide bonds. The third-order valence-corrected chi connectivity index (χ3v) is 2.87. The van der Waals surface area contributed by atoms with Gasteiger partial charge in [0.25, 0.3) is 0 Å². The SMILES string of the molecule is O=C(O)CCCNc1ccnc2c1CCC2. The largest absolute Gasteiger partial charge is 0.481 e. The van der Waals surface area contributed by atoms with E-state index in [1.54, 1.807) is 0 Å². The van der Waals surface area contributed by atoms with Crippen molar-refractivity contribution in [1.29, 1.82) is 0 Å². The highest BCUT2D eigenvalue weighted by atomic mass is 16.4. The molecule has 4 nitrogen and oxygen atoms in total. The van der Waals surface area contributed by atoms with Crippen molar-refractivity contribution in [1.82, 2.24) is 4.98 Å². The Hall–Kier alpha value is -1.58. The van der Waals surface area contributed by atoms with Crippen LogP contribution in [0.2, 0.25) is 0 Å². The van der Waals surface area contributed by atoms with Crippen molar-refractivity contribution in [2.45, 2.75) is 32.1 Å². The fourth-order valence-electron chi connectivity index (χ4n) is 2.09. The summed E-state index contributed by atoms with van der Waals surface area (Å²) in [4.78, 5) is 14.7. The number of rotatable bonds is 5. The Balaban J connectivity index is 1.90. The van der Waals surface area contributed by atoms with Gasteiger partial charge >= 0.3 is 5.97 Å². The smallest absolute Gasteiger partial charge is 0.303 e. The van der Waals surface area contributed by atoms with Crippen molar-refractivity contribution in [3.05, 3.63) is 23.5 Å². The van der Waals surface area contributed by atoms with Crippen LogP contribution in [0.3, 0.4) is 0 Å². The van der Waals surface area contributed by atoms with Crippen LogP contribution in [-0.4, -0.2) is 22.6 Å². The molecule has 2 N–H and O–H groups in total. The molecule has 0 aliphatic heterocycles. The summed E-state index contributed by atoms with van der Waals surface area (Å²) < 4.78 is 0. The number of hydrogen-bond acceptors (Lipinski definition) is 3. The van der Waals surface area contributed by atoms with Crippen LogP contribution in [-0.2, 0) is 17.6 Å². The number of pyridine rings is 1. The van der Waals surface area contributed by atoms with Crippen molar-refractivity contribution in [3.63, 3.8) is 0 Å². The lowest BCUT2D eigenvalue weighted by atomic mass is 10.2. The zero-order valence-corrected chi connectivity index (χ0v) is 9.20. The quantitative estimate of drug-likeness (QED) is 0.743. The number of fused-ring (bicyclic) bond motifs is 1. The Morgan fingerprint density at radius 3 is 3.19 bits per heavy atom. The number of anilines is 1. The van der Waals surface area contributed by atoms with Gasteiger partial charge in [0.1, 0.15) is 0 Å². The number of carboxylic acids is 1. The van der Waals surface area contributed by atoms with Crippen LogP contribution in [0.15, 0.2) is 12.3 Å². The topological polar surface area (TPSA) is 62.2 Å². The average Bonchev–Trinajstić information content (AvgIpc) is 2.72. The number of nitrogens with one attached hydrogen (secondary N) is 1. The van der Waals surface area contributed by atoms with E-state index in [0.29, 0.717) is 13.0 Å². The molecule has 1 heterocycles. The second-order valence-electron chi connectivity index (χ2n) is 4.06. The molecular weight excluding hydrogens is 204 g/mol. The van der Waals surface area contributed by atoms with Crippen LogP contribution in [0, 0.1) is 0 Å². The maximum atomic E-state index is 10.4. The van der Waals surface area contributed by atoms with Crippen molar-refractivity contribution >= 4 is 11.7 Å². The number of hydrogen-bond donors (Lipinski definition) is 2. The van der Waals surface area contributed by atoms with Gasteiger partial charge in [-0.2, -0.15) is 0 Å². The maximum Gasteiger partial charge on any atom is 0.303 e. The minimum Gasteiger partial charge on any atom is -0.481 e. The molecule has 2 rings (SSSR count). The van der Waals surface area contributed by atoms with E-state index < -0.39 is 5.97 Å². The molecule has 0 spiro atoms. The highest BCUT2D eigenvalue weighted by Crippen LogP contribution is 2.26. The van der Waals surface area contributed by atoms with Crippen molar-refractivity contribution in [2.24, 2.45) is 0 Å². The molecule has 1 aromatic heterocycles. The number of carboxylic acid groups (broad SMARTS) is 1. The molecule has 0 unspecified atom stereocenters. The first-order valence-electron chi connectivity index (χ1n) is 5.70. The Labute approximate surface area is 94.7 Å². The Bertz CT molecular complexity index is 391. The van der Waals surface area contributed by atoms with E-state index in [1.807, 2.05) is 12.3 Å². The summed E-state index contributed by atoms with van der Waals surface area (Å²) in [6.07, 6.45) is 6.04. The summed E-state index contributed by atoms with van der Waals surface area (Å²) in [5.74, 6) is -0.734. The number of nitrogens with zero attached hydrogens (tertiary/aromatic N) is 1. The maximum absolute atomic E-state index is 10.4. The van der Waals surface area contributed by atoms with Gasteiger partial charge in [-0.05, 0) is 37.3 Å². The van der Waals surface area contributed by atoms with Crippen LogP contribution < -0.4 is 5.32 Å². The van der Waals surface area contributed by atoms with Gasteiger partial charge in [0.2, 0.25) is 0 Å². The number of carbonyl (C=O) groups is 1. The van der Waals surface area contributed by atoms with Crippen LogP contribution in [0.1, 0.15) is 30.5 Å². The minimum absolute atomic E-state index is 0.222. The summed E-state index contributed by atoms with van der Waals surface area (Å²) in [6.45, 7) is 0.711. The normalized spacial score (nSPS) is 13.5. The first-order chi connectivity index (χ1) is 7.77. The lowest BCUT2D eigenvalue weighted by Gasteiger charge is -2.09. The fourth-order valence-corrected chi connectivity index (χ4v) is 2.09. The van der Waals surface area contributed by atoms with Gasteiger partial charge in [-0.1, -0.05) is 0 Å². The molecule has 0 fully saturated rings. The number of aliphatic carboxylic acids is 1. The van der Waals surface area contributed by atoms with Crippen molar-refractivity contribution in [2.75, 3.05) is 11.9 Å². The Kier molecular flexibility index (Phi) is 3.39. The van der Waals surface area contributed by atoms with Crippen LogP contribution >= 0.6 is 0 Å². The number of aryl methyl sites for hydroxylation is 1. The molecule has 0 aromatic carbocycles. The third-order valence-electron chi connectivity index (χ3n) is 2.87. The standard InChI is InChI=1S/C12H16N2O2/c15-12(16)5-2-7-13-11-6-8-14-10-4-1-3-9(10)11/h6,8H,1-5,7H2,(H,13,14)(H,15,16). The zero-order chi connectivity index (χ0) is 11.4. The van der Waals surface area contributed by atoms with E-state index in [-0.39, 0.29) is 6.42 Å². The predicted octanol–water partition coefficient (Wildman–Crippen LogP) is 1.85. The summed E-state index contributed by atoms with van der Waals surface area (Å²) >= 11 is 0. The van der Waals surface area contributed by atoms with Crippen molar-refractivity contribution < 1.29 is 9.90 Å². The lowest BCUT2D eigenvalue weighted by molar-refractivity contribution is -0.137. The van der Waals surface area contributed by atoms with Crippen LogP contribution in [0.25, 0.3) is 0 Å². The molecule has 0 radical (unpaired) electrons. The van der Waals surface area contributed by atoms with Gasteiger partial charge < -0.3 is 10.4 Å². The van der Waals surface area contributed by atoms with Gasteiger partial charge in [0.15, 0.2) is 0 Å². The summed E-state index contributed by atoms with van der Waals surface area (Å²) in [5.41, 5.74) is 3.65. The zero-order valence-electron chi connectivity index (χ0n) is 9.20. The molecule has 0 saturated carbocycles. The van der Waals surface area contributed by atoms with E-state index in [0.717, 1.165) is 18.5 Å². The third kappa shape index (κ3) is 2.51. The fraction of sp³-hybridized carbons (Fsp3) is 0.500. The second-order valence-corrected chi connectivity index (χ2v) is 4.06. The highest BCUT2D eigenvalue weighted by molar-refractivity contribution is 5.66. The van der Waals surface area contributed by atoms with Gasteiger partial charge in [-0.25, -0.2) is 0 Å². The summed E-state index contributed by atoms with van der Waals surface area (Å²) in [6, 6.07) is 1.98. The van der Waals surface area contributed by atoms with E-state index >= 15 is 0 Å². The Morgan fingerprint density at radius 1 is 1.50 bits per heavy atom. The molecule has 0 atom stereocenters. The van der Waals surface area contributed by atoms with E-state index in [2.05, 4.69) is 10.3 Å². The van der Waals surface area contributed by atoms with Gasteiger partial charge in [0, 0.05) is 30.5 Å². The molecular formula is C12H16N2O2. The van der Waals surface area contributed by atoms with E-state index in [4.69, 9.17) is 5.11 Å². The minimum atomic E-state index is -0.734. The summed E-state index contributed by atoms with van der Waals surface area (Å²) in [5, 5.41) is 11.8. The van der Waals surface area contributed by atoms with Gasteiger partial charge in [-0.3, -0.25) is 9.78 Å². The lowest BCUT2D eigenvalue weighted by Crippen LogP contribution is -2.07. The Morgan fingerprint density at radius 2 is 2.38 bits per heavy atom. The molecule has 0 saturated heterocycles. The highest BCUT2D eigenvalue weighted by Gasteiger charge is 2.15. The van der Waals surface area contributed by atoms with E-state index in [1.165, 1.54) is 17.7 Å².